The minimum absolute atomic E-state index is 0.956. The number of halogens is 2. The zero-order valence-electron chi connectivity index (χ0n) is 16.6. The molecule has 32 heavy (non-hydrogen) atoms. The number of nitrogens with zero attached hydrogens (tertiary/aromatic N) is 4. The van der Waals surface area contributed by atoms with E-state index in [4.69, 9.17) is 9.97 Å². The van der Waals surface area contributed by atoms with Gasteiger partial charge in [0.05, 0.1) is 43.9 Å². The maximum Gasteiger partial charge on any atom is 0.148 e. The van der Waals surface area contributed by atoms with Crippen LogP contribution in [0.3, 0.4) is 0 Å². The summed E-state index contributed by atoms with van der Waals surface area (Å²) in [7, 11) is 0. The molecule has 0 radical (unpaired) electrons. The minimum atomic E-state index is 0.956. The van der Waals surface area contributed by atoms with Gasteiger partial charge < -0.3 is 0 Å². The smallest absolute Gasteiger partial charge is 0.148 e. The Hall–Kier alpha value is -2.72. The second kappa shape index (κ2) is 6.89. The summed E-state index contributed by atoms with van der Waals surface area (Å²) in [6.07, 6.45) is 0. The Kier molecular flexibility index (Phi) is 4.05. The zero-order chi connectivity index (χ0) is 21.4. The molecule has 4 aromatic carbocycles. The summed E-state index contributed by atoms with van der Waals surface area (Å²) >= 11 is 4.87. The molecule has 6 heteroatoms. The molecule has 0 unspecified atom stereocenters. The van der Waals surface area contributed by atoms with Crippen molar-refractivity contribution in [3.8, 4) is 0 Å². The van der Waals surface area contributed by atoms with Crippen molar-refractivity contribution in [2.45, 2.75) is 0 Å². The van der Waals surface area contributed by atoms with Crippen LogP contribution in [0, 0.1) is 7.14 Å². The van der Waals surface area contributed by atoms with Gasteiger partial charge in [0.25, 0.3) is 0 Å². The monoisotopic (exact) mass is 636 g/mol. The fourth-order valence-corrected chi connectivity index (χ4v) is 6.17. The number of aromatic nitrogens is 4. The first-order valence-corrected chi connectivity index (χ1v) is 12.4. The van der Waals surface area contributed by atoms with Crippen LogP contribution in [-0.4, -0.2) is 18.8 Å². The van der Waals surface area contributed by atoms with Crippen molar-refractivity contribution in [3.05, 3.63) is 92.1 Å². The average Bonchev–Trinajstić information content (AvgIpc) is 3.36. The van der Waals surface area contributed by atoms with Gasteiger partial charge in [0.2, 0.25) is 0 Å². The van der Waals surface area contributed by atoms with Crippen molar-refractivity contribution in [1.29, 1.82) is 0 Å². The molecule has 0 atom stereocenters. The lowest BCUT2D eigenvalue weighted by molar-refractivity contribution is 1.27. The highest BCUT2D eigenvalue weighted by Gasteiger charge is 2.17. The van der Waals surface area contributed by atoms with E-state index in [2.05, 4.69) is 127 Å². The van der Waals surface area contributed by atoms with Gasteiger partial charge in [0.1, 0.15) is 11.3 Å². The van der Waals surface area contributed by atoms with Crippen molar-refractivity contribution in [3.63, 3.8) is 0 Å². The number of para-hydroxylation sites is 4. The fourth-order valence-electron chi connectivity index (χ4n) is 4.72. The van der Waals surface area contributed by atoms with E-state index < -0.39 is 0 Å². The quantitative estimate of drug-likeness (QED) is 0.163. The van der Waals surface area contributed by atoms with Crippen molar-refractivity contribution in [2.75, 3.05) is 0 Å². The van der Waals surface area contributed by atoms with Crippen molar-refractivity contribution < 1.29 is 0 Å². The highest BCUT2D eigenvalue weighted by molar-refractivity contribution is 14.1. The highest BCUT2D eigenvalue weighted by atomic mass is 127. The lowest BCUT2D eigenvalue weighted by Crippen LogP contribution is -1.96. The molecule has 0 aliphatic carbocycles. The molecule has 0 spiro atoms. The lowest BCUT2D eigenvalue weighted by atomic mass is 10.2. The van der Waals surface area contributed by atoms with E-state index >= 15 is 0 Å². The van der Waals surface area contributed by atoms with Gasteiger partial charge in [-0.05, 0) is 93.7 Å². The van der Waals surface area contributed by atoms with Gasteiger partial charge in [-0.25, -0.2) is 9.97 Å². The van der Waals surface area contributed by atoms with Gasteiger partial charge in [-0.2, -0.15) is 0 Å². The summed E-state index contributed by atoms with van der Waals surface area (Å²) in [5.74, 6) is 0. The number of hydrogen-bond donors (Lipinski definition) is 0. The van der Waals surface area contributed by atoms with Crippen LogP contribution in [0.25, 0.3) is 55.2 Å². The molecular formula is C26H14I2N4. The van der Waals surface area contributed by atoms with Crippen LogP contribution in [0.2, 0.25) is 0 Å². The molecule has 4 nitrogen and oxygen atoms in total. The molecule has 0 N–H and O–H groups in total. The number of fused-ring (bicyclic) bond motifs is 12. The van der Waals surface area contributed by atoms with E-state index in [0.29, 0.717) is 0 Å². The van der Waals surface area contributed by atoms with Crippen molar-refractivity contribution in [2.24, 2.45) is 0 Å². The Labute approximate surface area is 209 Å². The van der Waals surface area contributed by atoms with Crippen LogP contribution in [0.5, 0.6) is 0 Å². The summed E-state index contributed by atoms with van der Waals surface area (Å²) in [6.45, 7) is 0. The maximum absolute atomic E-state index is 5.14. The van der Waals surface area contributed by atoms with E-state index in [1.54, 1.807) is 0 Å². The van der Waals surface area contributed by atoms with Crippen molar-refractivity contribution in [1.82, 2.24) is 18.8 Å². The molecule has 0 aliphatic heterocycles. The Morgan fingerprint density at radius 3 is 1.34 bits per heavy atom. The molecule has 0 aliphatic rings. The topological polar surface area (TPSA) is 34.6 Å². The summed E-state index contributed by atoms with van der Waals surface area (Å²) in [5, 5.41) is 2.25. The molecule has 3 aromatic heterocycles. The third-order valence-corrected chi connectivity index (χ3v) is 7.83. The number of benzene rings is 4. The molecule has 7 aromatic rings. The van der Waals surface area contributed by atoms with Gasteiger partial charge in [-0.3, -0.25) is 8.80 Å². The normalized spacial score (nSPS) is 12.1. The number of rotatable bonds is 0. The summed E-state index contributed by atoms with van der Waals surface area (Å²) in [4.78, 5) is 10.3. The largest absolute Gasteiger partial charge is 0.291 e. The van der Waals surface area contributed by atoms with Gasteiger partial charge in [-0.1, -0.05) is 36.4 Å². The predicted octanol–water partition coefficient (Wildman–Crippen LogP) is 7.37. The molecule has 3 heterocycles. The Morgan fingerprint density at radius 1 is 0.469 bits per heavy atom. The second-order valence-electron chi connectivity index (χ2n) is 7.79. The SMILES string of the molecule is Ic1cccc2c1c1nc3ccccc3n1c1cccc(I)c1c1nc3ccccc3n21. The average molecular weight is 636 g/mol. The number of hydrogen-bond acceptors (Lipinski definition) is 2. The van der Waals surface area contributed by atoms with Crippen LogP contribution >= 0.6 is 45.2 Å². The Morgan fingerprint density at radius 2 is 0.875 bits per heavy atom. The first-order chi connectivity index (χ1) is 15.7. The molecule has 0 bridgehead atoms. The Bertz CT molecular complexity index is 1770. The van der Waals surface area contributed by atoms with Crippen LogP contribution in [-0.2, 0) is 0 Å². The van der Waals surface area contributed by atoms with Crippen LogP contribution in [0.1, 0.15) is 0 Å². The summed E-state index contributed by atoms with van der Waals surface area (Å²) in [6, 6.07) is 29.6. The van der Waals surface area contributed by atoms with E-state index in [9.17, 15) is 0 Å². The second-order valence-corrected chi connectivity index (χ2v) is 10.1. The Balaban J connectivity index is 2.01. The fraction of sp³-hybridized carbons (Fsp3) is 0. The predicted molar refractivity (Wildman–Crippen MR) is 148 cm³/mol. The van der Waals surface area contributed by atoms with Gasteiger partial charge in [0, 0.05) is 7.14 Å². The lowest BCUT2D eigenvalue weighted by Gasteiger charge is -2.10. The van der Waals surface area contributed by atoms with E-state index in [1.165, 1.54) is 0 Å². The molecule has 0 saturated heterocycles. The zero-order valence-corrected chi connectivity index (χ0v) is 20.9. The van der Waals surface area contributed by atoms with E-state index in [-0.39, 0.29) is 0 Å². The first kappa shape index (κ1) is 18.8. The van der Waals surface area contributed by atoms with Gasteiger partial charge in [-0.15, -0.1) is 0 Å². The third kappa shape index (κ3) is 2.47. The molecular weight excluding hydrogens is 622 g/mol. The molecule has 0 saturated carbocycles. The molecule has 0 amide bonds. The molecule has 7 rings (SSSR count). The first-order valence-electron chi connectivity index (χ1n) is 10.3. The number of imidazole rings is 2. The minimum Gasteiger partial charge on any atom is -0.291 e. The highest BCUT2D eigenvalue weighted by Crippen LogP contribution is 2.34. The van der Waals surface area contributed by atoms with Crippen molar-refractivity contribution >= 4 is 100 Å². The van der Waals surface area contributed by atoms with Crippen LogP contribution in [0.4, 0.5) is 0 Å². The maximum atomic E-state index is 5.14. The van der Waals surface area contributed by atoms with Gasteiger partial charge in [0.15, 0.2) is 0 Å². The van der Waals surface area contributed by atoms with Gasteiger partial charge >= 0.3 is 0 Å². The van der Waals surface area contributed by atoms with Crippen LogP contribution in [0.15, 0.2) is 84.9 Å². The van der Waals surface area contributed by atoms with Crippen LogP contribution < -0.4 is 0 Å². The van der Waals surface area contributed by atoms with E-state index in [1.807, 2.05) is 12.1 Å². The third-order valence-electron chi connectivity index (χ3n) is 6.03. The summed E-state index contributed by atoms with van der Waals surface area (Å²) in [5.41, 5.74) is 8.28. The molecule has 0 fully saturated rings. The summed E-state index contributed by atoms with van der Waals surface area (Å²) < 4.78 is 6.93. The molecule has 152 valence electrons. The standard InChI is InChI=1S/C26H14I2N4/c27-15-7-6-14-22-23(15)25-29-17-9-1-3-11-19(17)31(25)21-13-5-8-16(28)24(21)26-30-18-10-2-4-12-20(18)32(22)26/h1-14H. The van der Waals surface area contributed by atoms with E-state index in [0.717, 1.165) is 62.3 Å².